The Hall–Kier alpha value is -2.43. The molecule has 2 rings (SSSR count). The zero-order chi connectivity index (χ0) is 13.8. The van der Waals surface area contributed by atoms with Gasteiger partial charge in [-0.2, -0.15) is 0 Å². The van der Waals surface area contributed by atoms with Gasteiger partial charge in [0, 0.05) is 12.3 Å². The number of rotatable bonds is 4. The van der Waals surface area contributed by atoms with Gasteiger partial charge in [-0.1, -0.05) is 30.3 Å². The Labute approximate surface area is 111 Å². The minimum absolute atomic E-state index is 0.00258. The van der Waals surface area contributed by atoms with Crippen LogP contribution in [-0.4, -0.2) is 9.91 Å². The van der Waals surface area contributed by atoms with Crippen molar-refractivity contribution < 1.29 is 4.92 Å². The Morgan fingerprint density at radius 2 is 2.00 bits per heavy atom. The van der Waals surface area contributed by atoms with Crippen molar-refractivity contribution in [3.8, 4) is 0 Å². The molecule has 1 aromatic carbocycles. The van der Waals surface area contributed by atoms with E-state index in [0.29, 0.717) is 5.82 Å². The number of nitro groups is 1. The number of hydrogen-bond donors (Lipinski definition) is 1. The SMILES string of the molecule is Cc1cnc(NC(C)c2ccccc2)c([N+](=O)[O-])c1. The van der Waals surface area contributed by atoms with Gasteiger partial charge in [-0.05, 0) is 25.0 Å². The molecule has 5 heteroatoms. The van der Waals surface area contributed by atoms with E-state index in [0.717, 1.165) is 11.1 Å². The normalized spacial score (nSPS) is 11.9. The molecule has 2 aromatic rings. The molecule has 1 heterocycles. The molecule has 1 N–H and O–H groups in total. The van der Waals surface area contributed by atoms with Crippen molar-refractivity contribution in [2.75, 3.05) is 5.32 Å². The molecule has 1 unspecified atom stereocenters. The quantitative estimate of drug-likeness (QED) is 0.672. The summed E-state index contributed by atoms with van der Waals surface area (Å²) in [4.78, 5) is 14.7. The minimum atomic E-state index is -0.417. The first-order chi connectivity index (χ1) is 9.08. The lowest BCUT2D eigenvalue weighted by Gasteiger charge is -2.14. The molecule has 98 valence electrons. The number of benzene rings is 1. The predicted molar refractivity (Wildman–Crippen MR) is 74.1 cm³/mol. The second-order valence-electron chi connectivity index (χ2n) is 4.41. The molecular formula is C14H15N3O2. The van der Waals surface area contributed by atoms with E-state index >= 15 is 0 Å². The molecule has 0 bridgehead atoms. The van der Waals surface area contributed by atoms with Gasteiger partial charge in [-0.25, -0.2) is 4.98 Å². The highest BCUT2D eigenvalue weighted by molar-refractivity contribution is 5.57. The monoisotopic (exact) mass is 257 g/mol. The van der Waals surface area contributed by atoms with Crippen molar-refractivity contribution in [1.82, 2.24) is 4.98 Å². The zero-order valence-electron chi connectivity index (χ0n) is 10.8. The van der Waals surface area contributed by atoms with E-state index in [1.165, 1.54) is 6.07 Å². The maximum atomic E-state index is 11.0. The Morgan fingerprint density at radius 3 is 2.63 bits per heavy atom. The van der Waals surface area contributed by atoms with E-state index < -0.39 is 4.92 Å². The summed E-state index contributed by atoms with van der Waals surface area (Å²) >= 11 is 0. The molecule has 0 aliphatic rings. The summed E-state index contributed by atoms with van der Waals surface area (Å²) < 4.78 is 0. The highest BCUT2D eigenvalue weighted by Gasteiger charge is 2.17. The molecule has 0 radical (unpaired) electrons. The maximum absolute atomic E-state index is 11.0. The Bertz CT molecular complexity index is 584. The molecule has 19 heavy (non-hydrogen) atoms. The fraction of sp³-hybridized carbons (Fsp3) is 0.214. The third-order valence-corrected chi connectivity index (χ3v) is 2.85. The van der Waals surface area contributed by atoms with E-state index in [1.807, 2.05) is 37.3 Å². The Morgan fingerprint density at radius 1 is 1.32 bits per heavy atom. The number of nitrogens with zero attached hydrogens (tertiary/aromatic N) is 2. The molecule has 0 fully saturated rings. The van der Waals surface area contributed by atoms with Crippen molar-refractivity contribution in [3.63, 3.8) is 0 Å². The first-order valence-electron chi connectivity index (χ1n) is 6.00. The summed E-state index contributed by atoms with van der Waals surface area (Å²) in [5, 5.41) is 14.1. The number of pyridine rings is 1. The van der Waals surface area contributed by atoms with E-state index in [1.54, 1.807) is 13.1 Å². The third-order valence-electron chi connectivity index (χ3n) is 2.85. The van der Waals surface area contributed by atoms with Crippen molar-refractivity contribution in [3.05, 3.63) is 63.8 Å². The van der Waals surface area contributed by atoms with Crippen molar-refractivity contribution in [1.29, 1.82) is 0 Å². The number of aromatic nitrogens is 1. The van der Waals surface area contributed by atoms with Crippen LogP contribution in [0.4, 0.5) is 11.5 Å². The van der Waals surface area contributed by atoms with Gasteiger partial charge in [0.2, 0.25) is 5.82 Å². The van der Waals surface area contributed by atoms with Crippen LogP contribution in [0.1, 0.15) is 24.1 Å². The van der Waals surface area contributed by atoms with Gasteiger partial charge in [0.1, 0.15) is 0 Å². The van der Waals surface area contributed by atoms with Crippen LogP contribution in [0.25, 0.3) is 0 Å². The highest BCUT2D eigenvalue weighted by atomic mass is 16.6. The first kappa shape index (κ1) is 13.0. The molecule has 0 saturated heterocycles. The van der Waals surface area contributed by atoms with Crippen LogP contribution in [0.5, 0.6) is 0 Å². The molecule has 1 atom stereocenters. The molecule has 0 amide bonds. The zero-order valence-corrected chi connectivity index (χ0v) is 10.8. The molecule has 5 nitrogen and oxygen atoms in total. The topological polar surface area (TPSA) is 68.1 Å². The van der Waals surface area contributed by atoms with Gasteiger partial charge in [-0.3, -0.25) is 10.1 Å². The van der Waals surface area contributed by atoms with Gasteiger partial charge in [0.05, 0.1) is 11.0 Å². The number of nitrogens with one attached hydrogen (secondary N) is 1. The van der Waals surface area contributed by atoms with E-state index in [-0.39, 0.29) is 11.7 Å². The van der Waals surface area contributed by atoms with E-state index in [2.05, 4.69) is 10.3 Å². The average molecular weight is 257 g/mol. The lowest BCUT2D eigenvalue weighted by molar-refractivity contribution is -0.384. The van der Waals surface area contributed by atoms with Crippen LogP contribution >= 0.6 is 0 Å². The van der Waals surface area contributed by atoms with Crippen molar-refractivity contribution in [2.24, 2.45) is 0 Å². The average Bonchev–Trinajstić information content (AvgIpc) is 2.41. The van der Waals surface area contributed by atoms with Gasteiger partial charge < -0.3 is 5.32 Å². The molecular weight excluding hydrogens is 242 g/mol. The van der Waals surface area contributed by atoms with Crippen LogP contribution in [0.3, 0.4) is 0 Å². The molecule has 0 saturated carbocycles. The predicted octanol–water partition coefficient (Wildman–Crippen LogP) is 3.47. The Balaban J connectivity index is 2.26. The summed E-state index contributed by atoms with van der Waals surface area (Å²) in [6.45, 7) is 3.73. The lowest BCUT2D eigenvalue weighted by Crippen LogP contribution is -2.09. The van der Waals surface area contributed by atoms with Crippen LogP contribution < -0.4 is 5.32 Å². The highest BCUT2D eigenvalue weighted by Crippen LogP contribution is 2.26. The fourth-order valence-electron chi connectivity index (χ4n) is 1.83. The standard InChI is InChI=1S/C14H15N3O2/c1-10-8-13(17(18)19)14(15-9-10)16-11(2)12-6-4-3-5-7-12/h3-9,11H,1-2H3,(H,15,16). The van der Waals surface area contributed by atoms with Gasteiger partial charge in [-0.15, -0.1) is 0 Å². The van der Waals surface area contributed by atoms with Crippen LogP contribution in [0, 0.1) is 17.0 Å². The third kappa shape index (κ3) is 3.07. The summed E-state index contributed by atoms with van der Waals surface area (Å²) in [6, 6.07) is 11.2. The van der Waals surface area contributed by atoms with Gasteiger partial charge in [0.15, 0.2) is 0 Å². The lowest BCUT2D eigenvalue weighted by atomic mass is 10.1. The molecule has 0 aliphatic heterocycles. The smallest absolute Gasteiger partial charge is 0.311 e. The van der Waals surface area contributed by atoms with Crippen molar-refractivity contribution in [2.45, 2.75) is 19.9 Å². The Kier molecular flexibility index (Phi) is 3.75. The summed E-state index contributed by atoms with van der Waals surface area (Å²) in [7, 11) is 0. The van der Waals surface area contributed by atoms with Crippen LogP contribution in [-0.2, 0) is 0 Å². The number of anilines is 1. The van der Waals surface area contributed by atoms with Crippen molar-refractivity contribution >= 4 is 11.5 Å². The molecule has 0 aliphatic carbocycles. The minimum Gasteiger partial charge on any atom is -0.358 e. The summed E-state index contributed by atoms with van der Waals surface area (Å²) in [6.07, 6.45) is 1.62. The van der Waals surface area contributed by atoms with Gasteiger partial charge in [0.25, 0.3) is 0 Å². The summed E-state index contributed by atoms with van der Waals surface area (Å²) in [5.74, 6) is 0.298. The maximum Gasteiger partial charge on any atom is 0.311 e. The molecule has 0 spiro atoms. The van der Waals surface area contributed by atoms with E-state index in [9.17, 15) is 10.1 Å². The second kappa shape index (κ2) is 5.48. The second-order valence-corrected chi connectivity index (χ2v) is 4.41. The number of hydrogen-bond acceptors (Lipinski definition) is 4. The summed E-state index contributed by atoms with van der Waals surface area (Å²) in [5.41, 5.74) is 1.83. The fourth-order valence-corrected chi connectivity index (χ4v) is 1.83. The number of aryl methyl sites for hydroxylation is 1. The van der Waals surface area contributed by atoms with Gasteiger partial charge >= 0.3 is 5.69 Å². The van der Waals surface area contributed by atoms with Crippen LogP contribution in [0.15, 0.2) is 42.6 Å². The largest absolute Gasteiger partial charge is 0.358 e. The van der Waals surface area contributed by atoms with E-state index in [4.69, 9.17) is 0 Å². The van der Waals surface area contributed by atoms with Crippen LogP contribution in [0.2, 0.25) is 0 Å². The first-order valence-corrected chi connectivity index (χ1v) is 6.00. The molecule has 1 aromatic heterocycles.